The summed E-state index contributed by atoms with van der Waals surface area (Å²) in [6.07, 6.45) is 4.67. The van der Waals surface area contributed by atoms with E-state index in [0.717, 1.165) is 29.3 Å². The third-order valence-corrected chi connectivity index (χ3v) is 6.03. The van der Waals surface area contributed by atoms with Gasteiger partial charge in [-0.3, -0.25) is 0 Å². The van der Waals surface area contributed by atoms with Gasteiger partial charge in [0, 0.05) is 29.1 Å². The van der Waals surface area contributed by atoms with Crippen molar-refractivity contribution in [2.45, 2.75) is 44.2 Å². The zero-order valence-corrected chi connectivity index (χ0v) is 17.0. The number of ether oxygens (including phenoxy) is 1. The highest BCUT2D eigenvalue weighted by Crippen LogP contribution is 2.52. The lowest BCUT2D eigenvalue weighted by atomic mass is 9.73. The summed E-state index contributed by atoms with van der Waals surface area (Å²) in [4.78, 5) is 16.5. The zero-order chi connectivity index (χ0) is 20.1. The minimum atomic E-state index is -0.197. The monoisotopic (exact) mass is 387 g/mol. The molecule has 148 valence electrons. The van der Waals surface area contributed by atoms with Gasteiger partial charge in [-0.15, -0.1) is 0 Å². The van der Waals surface area contributed by atoms with Gasteiger partial charge in [0.2, 0.25) is 5.95 Å². The summed E-state index contributed by atoms with van der Waals surface area (Å²) >= 11 is 0. The molecule has 5 rings (SSSR count). The normalized spacial score (nSPS) is 24.7. The number of pyridine rings is 1. The maximum atomic E-state index is 6.23. The standard InChI is InChI=1S/C23H25N5O/c1-22(2)13-18-23(3,15-29-22)17-14-25-21(26-16-9-5-4-6-10-16)27-20(17)28(18)19-11-7-8-12-24-19/h4-12,14,18H,13,15H2,1-3H3,(H,25,26,27). The van der Waals surface area contributed by atoms with Crippen molar-refractivity contribution in [3.05, 3.63) is 66.5 Å². The number of nitrogens with zero attached hydrogens (tertiary/aromatic N) is 4. The van der Waals surface area contributed by atoms with E-state index < -0.39 is 0 Å². The minimum absolute atomic E-state index is 0.187. The molecule has 2 atom stereocenters. The lowest BCUT2D eigenvalue weighted by Gasteiger charge is -2.46. The first-order valence-corrected chi connectivity index (χ1v) is 10.0. The van der Waals surface area contributed by atoms with E-state index >= 15 is 0 Å². The largest absolute Gasteiger partial charge is 0.374 e. The summed E-state index contributed by atoms with van der Waals surface area (Å²) in [5, 5.41) is 3.32. The summed E-state index contributed by atoms with van der Waals surface area (Å²) in [6.45, 7) is 7.19. The molecular weight excluding hydrogens is 362 g/mol. The molecule has 0 radical (unpaired) electrons. The number of rotatable bonds is 3. The topological polar surface area (TPSA) is 63.2 Å². The van der Waals surface area contributed by atoms with Crippen LogP contribution in [-0.4, -0.2) is 33.2 Å². The number of fused-ring (bicyclic) bond motifs is 3. The third-order valence-electron chi connectivity index (χ3n) is 6.03. The van der Waals surface area contributed by atoms with Crippen LogP contribution >= 0.6 is 0 Å². The van der Waals surface area contributed by atoms with Gasteiger partial charge in [-0.05, 0) is 44.5 Å². The number of benzene rings is 1. The van der Waals surface area contributed by atoms with Crippen LogP contribution in [-0.2, 0) is 10.2 Å². The molecule has 1 saturated heterocycles. The molecule has 0 bridgehead atoms. The molecule has 29 heavy (non-hydrogen) atoms. The fourth-order valence-corrected chi connectivity index (χ4v) is 4.41. The van der Waals surface area contributed by atoms with Crippen LogP contribution in [0.3, 0.4) is 0 Å². The van der Waals surface area contributed by atoms with Crippen LogP contribution in [0.1, 0.15) is 32.8 Å². The Morgan fingerprint density at radius 2 is 1.83 bits per heavy atom. The maximum Gasteiger partial charge on any atom is 0.229 e. The molecule has 0 aliphatic carbocycles. The molecule has 1 fully saturated rings. The van der Waals surface area contributed by atoms with Crippen molar-refractivity contribution in [2.75, 3.05) is 16.8 Å². The van der Waals surface area contributed by atoms with Gasteiger partial charge >= 0.3 is 0 Å². The Morgan fingerprint density at radius 3 is 2.59 bits per heavy atom. The van der Waals surface area contributed by atoms with E-state index in [9.17, 15) is 0 Å². The number of para-hydroxylation sites is 1. The van der Waals surface area contributed by atoms with Crippen molar-refractivity contribution in [1.82, 2.24) is 15.0 Å². The summed E-state index contributed by atoms with van der Waals surface area (Å²) in [6, 6.07) is 16.2. The lowest BCUT2D eigenvalue weighted by Crippen LogP contribution is -2.54. The first-order valence-electron chi connectivity index (χ1n) is 10.0. The number of anilines is 4. The molecule has 6 nitrogen and oxygen atoms in total. The Labute approximate surface area is 171 Å². The SMILES string of the molecule is CC1(C)CC2N(c3ccccn3)c3nc(Nc4ccccc4)ncc3C2(C)CO1. The van der Waals surface area contributed by atoms with Gasteiger partial charge in [0.1, 0.15) is 11.6 Å². The van der Waals surface area contributed by atoms with Crippen LogP contribution in [0.5, 0.6) is 0 Å². The van der Waals surface area contributed by atoms with Crippen molar-refractivity contribution in [2.24, 2.45) is 0 Å². The maximum absolute atomic E-state index is 6.23. The van der Waals surface area contributed by atoms with Crippen molar-refractivity contribution in [3.63, 3.8) is 0 Å². The van der Waals surface area contributed by atoms with Gasteiger partial charge < -0.3 is 15.0 Å². The molecule has 4 heterocycles. The fourth-order valence-electron chi connectivity index (χ4n) is 4.41. The van der Waals surface area contributed by atoms with Crippen LogP contribution in [0.25, 0.3) is 0 Å². The fraction of sp³-hybridized carbons (Fsp3) is 0.348. The molecule has 1 N–H and O–H groups in total. The van der Waals surface area contributed by atoms with Crippen LogP contribution in [0.4, 0.5) is 23.3 Å². The van der Waals surface area contributed by atoms with Crippen molar-refractivity contribution in [1.29, 1.82) is 0 Å². The summed E-state index contributed by atoms with van der Waals surface area (Å²) in [5.74, 6) is 2.40. The molecular formula is C23H25N5O. The van der Waals surface area contributed by atoms with Crippen LogP contribution in [0.2, 0.25) is 0 Å². The van der Waals surface area contributed by atoms with Gasteiger partial charge in [-0.25, -0.2) is 9.97 Å². The van der Waals surface area contributed by atoms with Crippen molar-refractivity contribution >= 4 is 23.3 Å². The number of aromatic nitrogens is 3. The quantitative estimate of drug-likeness (QED) is 0.709. The van der Waals surface area contributed by atoms with E-state index in [1.807, 2.05) is 60.9 Å². The second-order valence-electron chi connectivity index (χ2n) is 8.67. The molecule has 6 heteroatoms. The molecule has 2 unspecified atom stereocenters. The third kappa shape index (κ3) is 3.04. The Morgan fingerprint density at radius 1 is 1.03 bits per heavy atom. The second-order valence-corrected chi connectivity index (χ2v) is 8.67. The van der Waals surface area contributed by atoms with Gasteiger partial charge in [0.15, 0.2) is 0 Å². The molecule has 1 aromatic carbocycles. The smallest absolute Gasteiger partial charge is 0.229 e. The average molecular weight is 387 g/mol. The Kier molecular flexibility index (Phi) is 4.06. The van der Waals surface area contributed by atoms with E-state index in [4.69, 9.17) is 9.72 Å². The predicted octanol–water partition coefficient (Wildman–Crippen LogP) is 4.59. The molecule has 0 spiro atoms. The zero-order valence-electron chi connectivity index (χ0n) is 17.0. The van der Waals surface area contributed by atoms with E-state index in [1.54, 1.807) is 0 Å². The minimum Gasteiger partial charge on any atom is -0.374 e. The van der Waals surface area contributed by atoms with E-state index in [1.165, 1.54) is 0 Å². The summed E-state index contributed by atoms with van der Waals surface area (Å²) < 4.78 is 6.23. The van der Waals surface area contributed by atoms with Gasteiger partial charge in [-0.2, -0.15) is 4.98 Å². The van der Waals surface area contributed by atoms with Crippen LogP contribution < -0.4 is 10.2 Å². The Balaban J connectivity index is 1.61. The van der Waals surface area contributed by atoms with Crippen LogP contribution in [0.15, 0.2) is 60.9 Å². The highest BCUT2D eigenvalue weighted by Gasteiger charge is 2.55. The number of nitrogens with one attached hydrogen (secondary N) is 1. The first-order chi connectivity index (χ1) is 14.0. The highest BCUT2D eigenvalue weighted by molar-refractivity contribution is 5.70. The average Bonchev–Trinajstić information content (AvgIpc) is 2.96. The van der Waals surface area contributed by atoms with Gasteiger partial charge in [0.05, 0.1) is 18.2 Å². The van der Waals surface area contributed by atoms with Gasteiger partial charge in [-0.1, -0.05) is 31.2 Å². The molecule has 2 aliphatic rings. The molecule has 0 amide bonds. The van der Waals surface area contributed by atoms with Gasteiger partial charge in [0.25, 0.3) is 0 Å². The Hall–Kier alpha value is -2.99. The predicted molar refractivity (Wildman–Crippen MR) is 114 cm³/mol. The van der Waals surface area contributed by atoms with Crippen LogP contribution in [0, 0.1) is 0 Å². The van der Waals surface area contributed by atoms with Crippen molar-refractivity contribution in [3.8, 4) is 0 Å². The number of hydrogen-bond donors (Lipinski definition) is 1. The molecule has 2 aliphatic heterocycles. The molecule has 0 saturated carbocycles. The van der Waals surface area contributed by atoms with E-state index in [0.29, 0.717) is 12.6 Å². The van der Waals surface area contributed by atoms with E-state index in [-0.39, 0.29) is 17.1 Å². The highest BCUT2D eigenvalue weighted by atomic mass is 16.5. The molecule has 2 aromatic heterocycles. The van der Waals surface area contributed by atoms with Crippen molar-refractivity contribution < 1.29 is 4.74 Å². The first kappa shape index (κ1) is 18.1. The van der Waals surface area contributed by atoms with E-state index in [2.05, 4.69) is 41.0 Å². The second kappa shape index (κ2) is 6.52. The Bertz CT molecular complexity index is 1020. The lowest BCUT2D eigenvalue weighted by molar-refractivity contribution is -0.0893. The number of hydrogen-bond acceptors (Lipinski definition) is 6. The summed E-state index contributed by atoms with van der Waals surface area (Å²) in [5.41, 5.74) is 1.69. The summed E-state index contributed by atoms with van der Waals surface area (Å²) in [7, 11) is 0. The molecule has 3 aromatic rings.